The molecule has 0 unspecified atom stereocenters. The first-order valence-corrected chi connectivity index (χ1v) is 13.7. The van der Waals surface area contributed by atoms with Gasteiger partial charge in [-0.2, -0.15) is 0 Å². The van der Waals surface area contributed by atoms with Crippen LogP contribution in [-0.4, -0.2) is 84.2 Å². The Morgan fingerprint density at radius 2 is 1.92 bits per heavy atom. The molecule has 2 aliphatic carbocycles. The molecule has 3 aliphatic heterocycles. The number of cyclic esters (lactones) is 1. The fourth-order valence-electron chi connectivity index (χ4n) is 7.04. The Hall–Kier alpha value is -2.04. The van der Waals surface area contributed by atoms with Crippen molar-refractivity contribution < 1.29 is 43.5 Å². The van der Waals surface area contributed by atoms with Crippen molar-refractivity contribution in [1.29, 1.82) is 0 Å². The van der Waals surface area contributed by atoms with Gasteiger partial charge >= 0.3 is 11.9 Å². The number of carbonyl (C=O) groups is 2. The summed E-state index contributed by atoms with van der Waals surface area (Å²) in [5, 5.41) is 20.8. The van der Waals surface area contributed by atoms with E-state index in [-0.39, 0.29) is 25.4 Å². The molecule has 0 aromatic heterocycles. The molecular formula is C29H40O9. The lowest BCUT2D eigenvalue weighted by Gasteiger charge is -2.58. The minimum atomic E-state index is -1.33. The topological polar surface area (TPSA) is 124 Å². The van der Waals surface area contributed by atoms with Crippen LogP contribution in [0.3, 0.4) is 0 Å². The molecule has 9 heteroatoms. The maximum atomic E-state index is 13.1. The number of aliphatic hydroxyl groups is 2. The van der Waals surface area contributed by atoms with Gasteiger partial charge in [0.1, 0.15) is 24.4 Å². The van der Waals surface area contributed by atoms with E-state index in [2.05, 4.69) is 19.9 Å². The molecule has 5 aliphatic rings. The highest BCUT2D eigenvalue weighted by atomic mass is 16.6. The predicted molar refractivity (Wildman–Crippen MR) is 136 cm³/mol. The first-order chi connectivity index (χ1) is 18.0. The fourth-order valence-corrected chi connectivity index (χ4v) is 7.04. The summed E-state index contributed by atoms with van der Waals surface area (Å²) in [7, 11) is 0. The molecule has 210 valence electrons. The van der Waals surface area contributed by atoms with Crippen molar-refractivity contribution in [3.8, 4) is 0 Å². The van der Waals surface area contributed by atoms with Crippen LogP contribution in [0.4, 0.5) is 0 Å². The molecule has 2 N–H and O–H groups in total. The first-order valence-electron chi connectivity index (χ1n) is 13.7. The maximum Gasteiger partial charge on any atom is 0.335 e. The first kappa shape index (κ1) is 27.5. The quantitative estimate of drug-likeness (QED) is 0.298. The van der Waals surface area contributed by atoms with Gasteiger partial charge < -0.3 is 33.9 Å². The Kier molecular flexibility index (Phi) is 7.37. The van der Waals surface area contributed by atoms with Gasteiger partial charge in [0.25, 0.3) is 0 Å². The summed E-state index contributed by atoms with van der Waals surface area (Å²) < 4.78 is 30.4. The van der Waals surface area contributed by atoms with Crippen LogP contribution >= 0.6 is 0 Å². The molecule has 5 rings (SSSR count). The van der Waals surface area contributed by atoms with E-state index in [1.165, 1.54) is 11.6 Å². The van der Waals surface area contributed by atoms with E-state index >= 15 is 0 Å². The lowest BCUT2D eigenvalue weighted by molar-refractivity contribution is -0.234. The molecule has 0 aromatic rings. The van der Waals surface area contributed by atoms with Crippen LogP contribution in [0.5, 0.6) is 0 Å². The zero-order valence-corrected chi connectivity index (χ0v) is 22.6. The lowest BCUT2D eigenvalue weighted by atomic mass is 9.51. The van der Waals surface area contributed by atoms with Gasteiger partial charge in [0, 0.05) is 24.5 Å². The molecule has 10 atom stereocenters. The summed E-state index contributed by atoms with van der Waals surface area (Å²) in [6, 6.07) is 0. The number of esters is 2. The molecule has 9 nitrogen and oxygen atoms in total. The van der Waals surface area contributed by atoms with Crippen molar-refractivity contribution >= 4 is 11.9 Å². The average Bonchev–Trinajstić information content (AvgIpc) is 3.65. The smallest absolute Gasteiger partial charge is 0.335 e. The second kappa shape index (κ2) is 10.2. The largest absolute Gasteiger partial charge is 0.463 e. The molecule has 38 heavy (non-hydrogen) atoms. The number of epoxide rings is 1. The highest BCUT2D eigenvalue weighted by Crippen LogP contribution is 2.72. The SMILES string of the molecule is CC1=C[C@H]2O[C@H]3C[C@H]4OC(=O)C=CC=C[C@@H]([C@@H](C)O)OCC[C@@H](C)[C@H](O)C(=O)OC[C@@]2(CC1)[C@@]4(C)[C@@]31CO1. The van der Waals surface area contributed by atoms with Crippen LogP contribution in [0.15, 0.2) is 36.0 Å². The Labute approximate surface area is 223 Å². The van der Waals surface area contributed by atoms with E-state index in [9.17, 15) is 19.8 Å². The summed E-state index contributed by atoms with van der Waals surface area (Å²) in [4.78, 5) is 26.0. The number of ether oxygens (including phenoxy) is 5. The van der Waals surface area contributed by atoms with Crippen molar-refractivity contribution in [2.75, 3.05) is 19.8 Å². The van der Waals surface area contributed by atoms with Crippen molar-refractivity contribution in [2.24, 2.45) is 16.7 Å². The monoisotopic (exact) mass is 532 g/mol. The van der Waals surface area contributed by atoms with E-state index in [1.807, 2.05) is 0 Å². The number of rotatable bonds is 1. The lowest BCUT2D eigenvalue weighted by Crippen LogP contribution is -2.66. The van der Waals surface area contributed by atoms with E-state index < -0.39 is 58.7 Å². The van der Waals surface area contributed by atoms with Crippen molar-refractivity contribution in [2.45, 2.75) is 95.6 Å². The van der Waals surface area contributed by atoms with Gasteiger partial charge in [0.2, 0.25) is 0 Å². The van der Waals surface area contributed by atoms with E-state index in [0.717, 1.165) is 6.42 Å². The summed E-state index contributed by atoms with van der Waals surface area (Å²) in [6.45, 7) is 8.27. The zero-order chi connectivity index (χ0) is 27.3. The van der Waals surface area contributed by atoms with Gasteiger partial charge in [-0.05, 0) is 39.0 Å². The molecule has 0 amide bonds. The van der Waals surface area contributed by atoms with Crippen molar-refractivity contribution in [1.82, 2.24) is 0 Å². The molecule has 1 saturated carbocycles. The van der Waals surface area contributed by atoms with Gasteiger partial charge in [-0.1, -0.05) is 43.7 Å². The van der Waals surface area contributed by atoms with Crippen LogP contribution in [0, 0.1) is 16.7 Å². The van der Waals surface area contributed by atoms with Gasteiger partial charge in [-0.15, -0.1) is 0 Å². The van der Waals surface area contributed by atoms with Crippen LogP contribution in [0.2, 0.25) is 0 Å². The third-order valence-electron chi connectivity index (χ3n) is 9.73. The van der Waals surface area contributed by atoms with Gasteiger partial charge in [0.15, 0.2) is 6.10 Å². The van der Waals surface area contributed by atoms with Crippen molar-refractivity contribution in [3.63, 3.8) is 0 Å². The van der Waals surface area contributed by atoms with E-state index in [0.29, 0.717) is 25.9 Å². The van der Waals surface area contributed by atoms with Crippen LogP contribution in [0.25, 0.3) is 0 Å². The minimum Gasteiger partial charge on any atom is -0.463 e. The molecule has 0 aromatic carbocycles. The summed E-state index contributed by atoms with van der Waals surface area (Å²) in [5.41, 5.74) is -0.771. The Morgan fingerprint density at radius 3 is 2.63 bits per heavy atom. The molecule has 3 fully saturated rings. The van der Waals surface area contributed by atoms with Crippen LogP contribution < -0.4 is 0 Å². The molecule has 0 radical (unpaired) electrons. The standard InChI is InChI=1S/C29H40O9/c1-17-9-11-28-15-35-26(33)25(32)18(2)10-12-34-20(19(3)30)7-5-6-8-24(31)38-21-14-23(37-22(28)13-17)29(16-36-29)27(21,28)4/h5-8,13,18-23,25,30,32H,9-12,14-16H2,1-4H3/t18-,19-,20+,21-,22-,23+,25+,27+,28-,29-/m1/s1. The molecule has 2 saturated heterocycles. The number of aliphatic hydroxyl groups excluding tert-OH is 2. The van der Waals surface area contributed by atoms with Crippen LogP contribution in [-0.2, 0) is 33.3 Å². The predicted octanol–water partition coefficient (Wildman–Crippen LogP) is 2.39. The third kappa shape index (κ3) is 4.36. The van der Waals surface area contributed by atoms with E-state index in [4.69, 9.17) is 23.7 Å². The van der Waals surface area contributed by atoms with Gasteiger partial charge in [-0.25, -0.2) is 9.59 Å². The maximum absolute atomic E-state index is 13.1. The third-order valence-corrected chi connectivity index (χ3v) is 9.73. The zero-order valence-electron chi connectivity index (χ0n) is 22.6. The normalized spacial score (nSPS) is 46.3. The van der Waals surface area contributed by atoms with E-state index in [1.54, 1.807) is 32.1 Å². The van der Waals surface area contributed by atoms with Gasteiger partial charge in [0.05, 0.1) is 30.3 Å². The minimum absolute atomic E-state index is 0.0195. The molecular weight excluding hydrogens is 492 g/mol. The average molecular weight is 533 g/mol. The highest BCUT2D eigenvalue weighted by Gasteiger charge is 2.83. The number of allylic oxidation sites excluding steroid dienone is 3. The second-order valence-corrected chi connectivity index (χ2v) is 11.9. The Morgan fingerprint density at radius 1 is 1.16 bits per heavy atom. The molecule has 3 heterocycles. The Balaban J connectivity index is 1.51. The molecule has 2 bridgehead atoms. The number of hydrogen-bond acceptors (Lipinski definition) is 9. The summed E-state index contributed by atoms with van der Waals surface area (Å²) in [5.74, 6) is -1.60. The number of hydrogen-bond donors (Lipinski definition) is 2. The fraction of sp³-hybridized carbons (Fsp3) is 0.724. The van der Waals surface area contributed by atoms with Crippen LogP contribution in [0.1, 0.15) is 53.4 Å². The van der Waals surface area contributed by atoms with Gasteiger partial charge in [-0.3, -0.25) is 0 Å². The Bertz CT molecular complexity index is 1030. The summed E-state index contributed by atoms with van der Waals surface area (Å²) in [6.07, 6.45) is 6.89. The second-order valence-electron chi connectivity index (χ2n) is 11.9. The van der Waals surface area contributed by atoms with Crippen molar-refractivity contribution in [3.05, 3.63) is 36.0 Å². The highest BCUT2D eigenvalue weighted by molar-refractivity contribution is 5.82. The number of carbonyl (C=O) groups excluding carboxylic acids is 2. The summed E-state index contributed by atoms with van der Waals surface area (Å²) >= 11 is 0. The molecule has 2 spiro atoms.